The number of carbonyl (C=O) groups excluding carboxylic acids is 3. The van der Waals surface area contributed by atoms with Gasteiger partial charge in [0, 0.05) is 38.7 Å². The summed E-state index contributed by atoms with van der Waals surface area (Å²) in [5.41, 5.74) is 2.06. The van der Waals surface area contributed by atoms with Gasteiger partial charge in [-0.3, -0.25) is 14.4 Å². The average Bonchev–Trinajstić information content (AvgIpc) is 2.99. The lowest BCUT2D eigenvalue weighted by molar-refractivity contribution is -0.126. The van der Waals surface area contributed by atoms with E-state index in [2.05, 4.69) is 30.5 Å². The number of nitrogens with one attached hydrogen (secondary N) is 2. The Labute approximate surface area is 149 Å². The van der Waals surface area contributed by atoms with E-state index >= 15 is 0 Å². The molecule has 1 heterocycles. The number of rotatable bonds is 7. The lowest BCUT2D eigenvalue weighted by Crippen LogP contribution is -2.38. The molecule has 2 N–H and O–H groups in total. The molecule has 6 nitrogen and oxygen atoms in total. The largest absolute Gasteiger partial charge is 0.355 e. The Morgan fingerprint density at radius 2 is 1.92 bits per heavy atom. The molecule has 136 valence electrons. The summed E-state index contributed by atoms with van der Waals surface area (Å²) in [5.74, 6) is -0.276. The van der Waals surface area contributed by atoms with Crippen molar-refractivity contribution in [3.63, 3.8) is 0 Å². The normalized spacial score (nSPS) is 18.1. The van der Waals surface area contributed by atoms with E-state index in [1.54, 1.807) is 4.90 Å². The molecule has 25 heavy (non-hydrogen) atoms. The Morgan fingerprint density at radius 1 is 1.24 bits per heavy atom. The van der Waals surface area contributed by atoms with E-state index < -0.39 is 0 Å². The van der Waals surface area contributed by atoms with Crippen LogP contribution >= 0.6 is 0 Å². The highest BCUT2D eigenvalue weighted by Crippen LogP contribution is 2.33. The van der Waals surface area contributed by atoms with Gasteiger partial charge in [-0.15, -0.1) is 0 Å². The van der Waals surface area contributed by atoms with Crippen LogP contribution in [-0.4, -0.2) is 37.4 Å². The number of benzene rings is 1. The zero-order valence-corrected chi connectivity index (χ0v) is 15.2. The van der Waals surface area contributed by atoms with Crippen molar-refractivity contribution in [2.75, 3.05) is 24.5 Å². The molecule has 1 fully saturated rings. The molecule has 0 radical (unpaired) electrons. The number of anilines is 1. The van der Waals surface area contributed by atoms with Crippen LogP contribution in [0.2, 0.25) is 0 Å². The Balaban J connectivity index is 2.01. The molecule has 1 aromatic rings. The summed E-state index contributed by atoms with van der Waals surface area (Å²) < 4.78 is 0. The van der Waals surface area contributed by atoms with E-state index in [4.69, 9.17) is 0 Å². The Hall–Kier alpha value is -2.37. The molecular formula is C19H27N3O3. The zero-order valence-electron chi connectivity index (χ0n) is 15.2. The molecule has 1 aromatic carbocycles. The standard InChI is InChI=1S/C19H27N3O3/c1-4-13(2)16-7-5-6-8-17(16)22-12-15(11-18(22)24)19(25)21-10-9-20-14(3)23/h5-8,13,15H,4,9-12H2,1-3H3,(H,20,23)(H,21,25). The van der Waals surface area contributed by atoms with E-state index in [9.17, 15) is 14.4 Å². The predicted molar refractivity (Wildman–Crippen MR) is 97.3 cm³/mol. The molecule has 2 unspecified atom stereocenters. The van der Waals surface area contributed by atoms with Crippen molar-refractivity contribution in [2.45, 2.75) is 39.5 Å². The van der Waals surface area contributed by atoms with Crippen molar-refractivity contribution in [3.8, 4) is 0 Å². The van der Waals surface area contributed by atoms with E-state index in [1.807, 2.05) is 18.2 Å². The van der Waals surface area contributed by atoms with E-state index in [0.717, 1.165) is 17.7 Å². The predicted octanol–water partition coefficient (Wildman–Crippen LogP) is 1.81. The smallest absolute Gasteiger partial charge is 0.227 e. The first-order chi connectivity index (χ1) is 11.9. The molecule has 1 aliphatic rings. The topological polar surface area (TPSA) is 78.5 Å². The van der Waals surface area contributed by atoms with Gasteiger partial charge in [0.2, 0.25) is 17.7 Å². The Morgan fingerprint density at radius 3 is 2.60 bits per heavy atom. The molecule has 0 bridgehead atoms. The van der Waals surface area contributed by atoms with Gasteiger partial charge < -0.3 is 15.5 Å². The third kappa shape index (κ3) is 4.81. The maximum Gasteiger partial charge on any atom is 0.227 e. The van der Waals surface area contributed by atoms with Crippen LogP contribution in [0.4, 0.5) is 5.69 Å². The highest BCUT2D eigenvalue weighted by Gasteiger charge is 2.36. The fourth-order valence-corrected chi connectivity index (χ4v) is 3.05. The van der Waals surface area contributed by atoms with Gasteiger partial charge in [0.1, 0.15) is 0 Å². The van der Waals surface area contributed by atoms with Crippen LogP contribution in [0.1, 0.15) is 45.1 Å². The van der Waals surface area contributed by atoms with Crippen LogP contribution in [0, 0.1) is 5.92 Å². The van der Waals surface area contributed by atoms with Gasteiger partial charge in [-0.1, -0.05) is 32.0 Å². The monoisotopic (exact) mass is 345 g/mol. The van der Waals surface area contributed by atoms with Crippen molar-refractivity contribution >= 4 is 23.4 Å². The second-order valence-electron chi connectivity index (χ2n) is 6.55. The van der Waals surface area contributed by atoms with Crippen LogP contribution in [0.3, 0.4) is 0 Å². The molecule has 0 spiro atoms. The number of nitrogens with zero attached hydrogens (tertiary/aromatic N) is 1. The molecule has 1 aliphatic heterocycles. The van der Waals surface area contributed by atoms with Crippen LogP contribution in [0.15, 0.2) is 24.3 Å². The average molecular weight is 345 g/mol. The first-order valence-corrected chi connectivity index (χ1v) is 8.85. The van der Waals surface area contributed by atoms with Crippen molar-refractivity contribution in [1.82, 2.24) is 10.6 Å². The number of para-hydroxylation sites is 1. The Bertz CT molecular complexity index is 645. The van der Waals surface area contributed by atoms with Crippen LogP contribution < -0.4 is 15.5 Å². The summed E-state index contributed by atoms with van der Waals surface area (Å²) in [5, 5.41) is 5.42. The summed E-state index contributed by atoms with van der Waals surface area (Å²) in [6.45, 7) is 6.86. The van der Waals surface area contributed by atoms with Gasteiger partial charge in [0.25, 0.3) is 0 Å². The van der Waals surface area contributed by atoms with Gasteiger partial charge in [-0.2, -0.15) is 0 Å². The van der Waals surface area contributed by atoms with Crippen molar-refractivity contribution in [3.05, 3.63) is 29.8 Å². The second-order valence-corrected chi connectivity index (χ2v) is 6.55. The highest BCUT2D eigenvalue weighted by molar-refractivity contribution is 6.00. The number of carbonyl (C=O) groups is 3. The molecule has 0 aliphatic carbocycles. The molecule has 1 saturated heterocycles. The fourth-order valence-electron chi connectivity index (χ4n) is 3.05. The van der Waals surface area contributed by atoms with Crippen molar-refractivity contribution < 1.29 is 14.4 Å². The minimum Gasteiger partial charge on any atom is -0.355 e. The minimum atomic E-state index is -0.352. The van der Waals surface area contributed by atoms with Crippen molar-refractivity contribution in [2.24, 2.45) is 5.92 Å². The molecule has 2 rings (SSSR count). The third-order valence-electron chi connectivity index (χ3n) is 4.66. The lowest BCUT2D eigenvalue weighted by Gasteiger charge is -2.23. The Kier molecular flexibility index (Phi) is 6.56. The summed E-state index contributed by atoms with van der Waals surface area (Å²) in [4.78, 5) is 37.3. The van der Waals surface area contributed by atoms with E-state index in [0.29, 0.717) is 25.6 Å². The van der Waals surface area contributed by atoms with Crippen LogP contribution in [0.5, 0.6) is 0 Å². The van der Waals surface area contributed by atoms with Gasteiger partial charge in [0.05, 0.1) is 5.92 Å². The van der Waals surface area contributed by atoms with Gasteiger partial charge in [-0.05, 0) is 24.0 Å². The molecule has 0 saturated carbocycles. The highest BCUT2D eigenvalue weighted by atomic mass is 16.2. The van der Waals surface area contributed by atoms with Crippen LogP contribution in [0.25, 0.3) is 0 Å². The van der Waals surface area contributed by atoms with E-state index in [-0.39, 0.29) is 30.1 Å². The molecule has 6 heteroatoms. The van der Waals surface area contributed by atoms with E-state index in [1.165, 1.54) is 6.92 Å². The molecule has 3 amide bonds. The summed E-state index contributed by atoms with van der Waals surface area (Å²) in [6, 6.07) is 7.92. The number of amides is 3. The summed E-state index contributed by atoms with van der Waals surface area (Å²) >= 11 is 0. The van der Waals surface area contributed by atoms with Crippen molar-refractivity contribution in [1.29, 1.82) is 0 Å². The fraction of sp³-hybridized carbons (Fsp3) is 0.526. The minimum absolute atomic E-state index is 0.0160. The van der Waals surface area contributed by atoms with Gasteiger partial charge in [-0.25, -0.2) is 0 Å². The first kappa shape index (κ1) is 19.0. The first-order valence-electron chi connectivity index (χ1n) is 8.85. The maximum absolute atomic E-state index is 12.5. The SMILES string of the molecule is CCC(C)c1ccccc1N1CC(C(=O)NCCNC(C)=O)CC1=O. The summed E-state index contributed by atoms with van der Waals surface area (Å²) in [6.07, 6.45) is 1.22. The molecule has 2 atom stereocenters. The number of hydrogen-bond donors (Lipinski definition) is 2. The van der Waals surface area contributed by atoms with Gasteiger partial charge >= 0.3 is 0 Å². The number of hydrogen-bond acceptors (Lipinski definition) is 3. The lowest BCUT2D eigenvalue weighted by atomic mass is 9.96. The molecular weight excluding hydrogens is 318 g/mol. The zero-order chi connectivity index (χ0) is 18.4. The third-order valence-corrected chi connectivity index (χ3v) is 4.66. The summed E-state index contributed by atoms with van der Waals surface area (Å²) in [7, 11) is 0. The van der Waals surface area contributed by atoms with Crippen LogP contribution in [-0.2, 0) is 14.4 Å². The second kappa shape index (κ2) is 8.65. The quantitative estimate of drug-likeness (QED) is 0.740. The maximum atomic E-state index is 12.5. The van der Waals surface area contributed by atoms with Gasteiger partial charge in [0.15, 0.2) is 0 Å². The molecule has 0 aromatic heterocycles.